The van der Waals surface area contributed by atoms with Gasteiger partial charge in [0.05, 0.1) is 16.3 Å². The number of amides is 1. The van der Waals surface area contributed by atoms with Crippen molar-refractivity contribution >= 4 is 29.0 Å². The minimum Gasteiger partial charge on any atom is -0.303 e. The summed E-state index contributed by atoms with van der Waals surface area (Å²) in [5.74, 6) is -0.936. The Hall–Kier alpha value is -1.39. The molecule has 0 N–H and O–H groups in total. The Balaban J connectivity index is 1.76. The van der Waals surface area contributed by atoms with Crippen molar-refractivity contribution < 1.29 is 9.59 Å². The SMILES string of the molecule is O=C1C(=O)N(CCN2CCCCC2)c2cccc(Cl)c21. The number of piperidine rings is 1. The molecule has 0 saturated carbocycles. The number of carbonyl (C=O) groups excluding carboxylic acids is 2. The molecule has 2 heterocycles. The van der Waals surface area contributed by atoms with E-state index in [4.69, 9.17) is 11.6 Å². The summed E-state index contributed by atoms with van der Waals surface area (Å²) in [7, 11) is 0. The van der Waals surface area contributed by atoms with Gasteiger partial charge in [-0.2, -0.15) is 0 Å². The van der Waals surface area contributed by atoms with Crippen LogP contribution in [0.25, 0.3) is 0 Å². The molecule has 0 spiro atoms. The molecule has 0 unspecified atom stereocenters. The highest BCUT2D eigenvalue weighted by Gasteiger charge is 2.37. The van der Waals surface area contributed by atoms with Crippen LogP contribution in [0.3, 0.4) is 0 Å². The van der Waals surface area contributed by atoms with Gasteiger partial charge in [0, 0.05) is 13.1 Å². The van der Waals surface area contributed by atoms with Crippen molar-refractivity contribution in [1.82, 2.24) is 4.90 Å². The summed E-state index contributed by atoms with van der Waals surface area (Å²) in [4.78, 5) is 28.0. The summed E-state index contributed by atoms with van der Waals surface area (Å²) in [5, 5.41) is 0.362. The lowest BCUT2D eigenvalue weighted by Crippen LogP contribution is -2.40. The van der Waals surface area contributed by atoms with Crippen molar-refractivity contribution in [2.45, 2.75) is 19.3 Å². The zero-order chi connectivity index (χ0) is 14.1. The third kappa shape index (κ3) is 2.34. The Morgan fingerprint density at radius 2 is 1.80 bits per heavy atom. The lowest BCUT2D eigenvalue weighted by molar-refractivity contribution is -0.114. The van der Waals surface area contributed by atoms with Crippen LogP contribution in [0.15, 0.2) is 18.2 Å². The van der Waals surface area contributed by atoms with Crippen molar-refractivity contribution in [1.29, 1.82) is 0 Å². The van der Waals surface area contributed by atoms with Crippen molar-refractivity contribution in [3.63, 3.8) is 0 Å². The van der Waals surface area contributed by atoms with Crippen LogP contribution >= 0.6 is 11.6 Å². The van der Waals surface area contributed by atoms with Gasteiger partial charge in [0.1, 0.15) is 0 Å². The molecule has 3 rings (SSSR count). The lowest BCUT2D eigenvalue weighted by atomic mass is 10.1. The Bertz CT molecular complexity index is 553. The second-order valence-corrected chi connectivity index (χ2v) is 5.73. The highest BCUT2D eigenvalue weighted by molar-refractivity contribution is 6.55. The van der Waals surface area contributed by atoms with E-state index in [1.807, 2.05) is 0 Å². The molecule has 0 aromatic heterocycles. The highest BCUT2D eigenvalue weighted by atomic mass is 35.5. The van der Waals surface area contributed by atoms with E-state index in [0.717, 1.165) is 19.6 Å². The predicted molar refractivity (Wildman–Crippen MR) is 78.4 cm³/mol. The molecular formula is C15H17ClN2O2. The van der Waals surface area contributed by atoms with E-state index in [0.29, 0.717) is 22.8 Å². The van der Waals surface area contributed by atoms with Gasteiger partial charge in [0.15, 0.2) is 0 Å². The number of halogens is 1. The molecule has 2 aliphatic rings. The van der Waals surface area contributed by atoms with Crippen LogP contribution in [0.2, 0.25) is 5.02 Å². The normalized spacial score (nSPS) is 19.6. The van der Waals surface area contributed by atoms with E-state index >= 15 is 0 Å². The van der Waals surface area contributed by atoms with Crippen molar-refractivity contribution in [2.24, 2.45) is 0 Å². The number of benzene rings is 1. The van der Waals surface area contributed by atoms with Crippen molar-refractivity contribution in [2.75, 3.05) is 31.1 Å². The Morgan fingerprint density at radius 1 is 1.05 bits per heavy atom. The number of anilines is 1. The molecule has 1 amide bonds. The predicted octanol–water partition coefficient (Wildman–Crippen LogP) is 2.36. The number of Topliss-reactive ketones (excluding diaryl/α,β-unsaturated/α-hetero) is 1. The Labute approximate surface area is 123 Å². The molecule has 5 heteroatoms. The van der Waals surface area contributed by atoms with Gasteiger partial charge < -0.3 is 9.80 Å². The zero-order valence-electron chi connectivity index (χ0n) is 11.3. The summed E-state index contributed by atoms with van der Waals surface area (Å²) in [5.41, 5.74) is 1.02. The van der Waals surface area contributed by atoms with Gasteiger partial charge in [0.2, 0.25) is 0 Å². The van der Waals surface area contributed by atoms with Gasteiger partial charge >= 0.3 is 0 Å². The molecule has 20 heavy (non-hydrogen) atoms. The minimum atomic E-state index is -0.482. The molecule has 1 aromatic rings. The van der Waals surface area contributed by atoms with Crippen LogP contribution < -0.4 is 4.90 Å². The molecule has 4 nitrogen and oxygen atoms in total. The minimum absolute atomic E-state index is 0.359. The van der Waals surface area contributed by atoms with E-state index in [1.54, 1.807) is 23.1 Å². The summed E-state index contributed by atoms with van der Waals surface area (Å²) in [6.45, 7) is 3.53. The van der Waals surface area contributed by atoms with E-state index in [-0.39, 0.29) is 0 Å². The van der Waals surface area contributed by atoms with Gasteiger partial charge in [0.25, 0.3) is 11.7 Å². The number of nitrogens with zero attached hydrogens (tertiary/aromatic N) is 2. The monoisotopic (exact) mass is 292 g/mol. The highest BCUT2D eigenvalue weighted by Crippen LogP contribution is 2.33. The Morgan fingerprint density at radius 3 is 2.55 bits per heavy atom. The molecule has 106 valence electrons. The van der Waals surface area contributed by atoms with Crippen LogP contribution in [0.4, 0.5) is 5.69 Å². The van der Waals surface area contributed by atoms with Crippen LogP contribution in [0.1, 0.15) is 29.6 Å². The van der Waals surface area contributed by atoms with Crippen LogP contribution in [-0.2, 0) is 4.79 Å². The first-order valence-electron chi connectivity index (χ1n) is 7.05. The number of carbonyl (C=O) groups is 2. The van der Waals surface area contributed by atoms with Gasteiger partial charge in [-0.15, -0.1) is 0 Å². The maximum Gasteiger partial charge on any atom is 0.299 e. The number of hydrogen-bond acceptors (Lipinski definition) is 3. The fraction of sp³-hybridized carbons (Fsp3) is 0.467. The molecule has 1 saturated heterocycles. The fourth-order valence-electron chi connectivity index (χ4n) is 2.95. The first-order valence-corrected chi connectivity index (χ1v) is 7.43. The maximum absolute atomic E-state index is 12.1. The molecule has 1 fully saturated rings. The standard InChI is InChI=1S/C15H17ClN2O2/c16-11-5-4-6-12-13(11)14(19)15(20)18(12)10-9-17-7-2-1-3-8-17/h4-6H,1-3,7-10H2. The van der Waals surface area contributed by atoms with Crippen LogP contribution in [0.5, 0.6) is 0 Å². The maximum atomic E-state index is 12.1. The number of ketones is 1. The van der Waals surface area contributed by atoms with Crippen LogP contribution in [0, 0.1) is 0 Å². The second kappa shape index (κ2) is 5.54. The average Bonchev–Trinajstić information content (AvgIpc) is 2.71. The first-order chi connectivity index (χ1) is 9.68. The van der Waals surface area contributed by atoms with Crippen LogP contribution in [-0.4, -0.2) is 42.8 Å². The summed E-state index contributed by atoms with van der Waals surface area (Å²) >= 11 is 6.03. The smallest absolute Gasteiger partial charge is 0.299 e. The van der Waals surface area contributed by atoms with E-state index < -0.39 is 11.7 Å². The largest absolute Gasteiger partial charge is 0.303 e. The molecule has 0 aliphatic carbocycles. The molecule has 0 atom stereocenters. The topological polar surface area (TPSA) is 40.6 Å². The molecular weight excluding hydrogens is 276 g/mol. The summed E-state index contributed by atoms with van der Waals surface area (Å²) in [6.07, 6.45) is 3.72. The number of rotatable bonds is 3. The second-order valence-electron chi connectivity index (χ2n) is 5.32. The Kier molecular flexibility index (Phi) is 3.76. The van der Waals surface area contributed by atoms with Gasteiger partial charge in [-0.05, 0) is 38.1 Å². The quantitative estimate of drug-likeness (QED) is 0.803. The lowest BCUT2D eigenvalue weighted by Gasteiger charge is -2.28. The molecule has 0 radical (unpaired) electrons. The van der Waals surface area contributed by atoms with E-state index in [9.17, 15) is 9.59 Å². The number of fused-ring (bicyclic) bond motifs is 1. The molecule has 2 aliphatic heterocycles. The van der Waals surface area contributed by atoms with Gasteiger partial charge in [-0.1, -0.05) is 24.1 Å². The third-order valence-corrected chi connectivity index (χ3v) is 4.35. The van der Waals surface area contributed by atoms with E-state index in [2.05, 4.69) is 4.90 Å². The summed E-state index contributed by atoms with van der Waals surface area (Å²) < 4.78 is 0. The van der Waals surface area contributed by atoms with E-state index in [1.165, 1.54) is 19.3 Å². The fourth-order valence-corrected chi connectivity index (χ4v) is 3.20. The molecule has 1 aromatic carbocycles. The summed E-state index contributed by atoms with van der Waals surface area (Å²) in [6, 6.07) is 5.22. The number of likely N-dealkylation sites (tertiary alicyclic amines) is 1. The van der Waals surface area contributed by atoms with Gasteiger partial charge in [-0.3, -0.25) is 9.59 Å². The van der Waals surface area contributed by atoms with Crippen molar-refractivity contribution in [3.8, 4) is 0 Å². The zero-order valence-corrected chi connectivity index (χ0v) is 12.0. The number of hydrogen-bond donors (Lipinski definition) is 0. The third-order valence-electron chi connectivity index (χ3n) is 4.04. The van der Waals surface area contributed by atoms with Gasteiger partial charge in [-0.25, -0.2) is 0 Å². The average molecular weight is 293 g/mol. The molecule has 0 bridgehead atoms. The van der Waals surface area contributed by atoms with Crippen molar-refractivity contribution in [3.05, 3.63) is 28.8 Å². The first kappa shape index (κ1) is 13.6.